The number of likely N-dealkylation sites (tertiary alicyclic amines) is 2. The number of hydrogen-bond acceptors (Lipinski definition) is 5. The Labute approximate surface area is 211 Å². The van der Waals surface area contributed by atoms with Crippen LogP contribution in [0.3, 0.4) is 0 Å². The third-order valence-electron chi connectivity index (χ3n) is 6.42. The van der Waals surface area contributed by atoms with Crippen LogP contribution in [0.5, 0.6) is 11.5 Å². The van der Waals surface area contributed by atoms with Gasteiger partial charge in [0.1, 0.15) is 11.5 Å². The Balaban J connectivity index is 0.00000363. The summed E-state index contributed by atoms with van der Waals surface area (Å²) in [5.74, 6) is 3.47. The summed E-state index contributed by atoms with van der Waals surface area (Å²) in [6.07, 6.45) is 4.94. The van der Waals surface area contributed by atoms with Crippen LogP contribution in [-0.2, 0) is 6.54 Å². The number of nitrogens with zero attached hydrogens (tertiary/aromatic N) is 3. The molecule has 1 unspecified atom stereocenters. The summed E-state index contributed by atoms with van der Waals surface area (Å²) >= 11 is 0. The van der Waals surface area contributed by atoms with Crippen LogP contribution in [0.4, 0.5) is 0 Å². The normalized spacial score (nSPS) is 20.6. The molecule has 2 heterocycles. The SMILES string of the molecule is CCNC(=NCCC1CCN(C)CC1)NC1CCN(Cc2cc(OC)cc(OC)c2)C1.I. The number of nitrogens with one attached hydrogen (secondary N) is 2. The van der Waals surface area contributed by atoms with E-state index in [-0.39, 0.29) is 24.0 Å². The van der Waals surface area contributed by atoms with Gasteiger partial charge >= 0.3 is 0 Å². The Morgan fingerprint density at radius 2 is 1.75 bits per heavy atom. The van der Waals surface area contributed by atoms with E-state index in [4.69, 9.17) is 14.5 Å². The minimum atomic E-state index is 0. The van der Waals surface area contributed by atoms with Crippen LogP contribution in [0.15, 0.2) is 23.2 Å². The van der Waals surface area contributed by atoms with E-state index in [1.165, 1.54) is 37.9 Å². The predicted octanol–water partition coefficient (Wildman–Crippen LogP) is 3.18. The highest BCUT2D eigenvalue weighted by Crippen LogP contribution is 2.24. The fourth-order valence-corrected chi connectivity index (χ4v) is 4.53. The molecule has 0 aliphatic carbocycles. The first-order chi connectivity index (χ1) is 15.1. The van der Waals surface area contributed by atoms with E-state index in [2.05, 4.69) is 46.5 Å². The fraction of sp³-hybridized carbons (Fsp3) is 0.708. The molecule has 2 N–H and O–H groups in total. The highest BCUT2D eigenvalue weighted by Gasteiger charge is 2.23. The quantitative estimate of drug-likeness (QED) is 0.276. The molecule has 2 saturated heterocycles. The largest absolute Gasteiger partial charge is 0.497 e. The van der Waals surface area contributed by atoms with Gasteiger partial charge in [-0.05, 0) is 76.4 Å². The van der Waals surface area contributed by atoms with Crippen LogP contribution in [0.2, 0.25) is 0 Å². The molecule has 2 aliphatic rings. The molecule has 1 aromatic carbocycles. The van der Waals surface area contributed by atoms with Crippen LogP contribution in [0, 0.1) is 5.92 Å². The molecule has 3 rings (SSSR count). The summed E-state index contributed by atoms with van der Waals surface area (Å²) < 4.78 is 10.8. The number of rotatable bonds is 9. The molecule has 32 heavy (non-hydrogen) atoms. The summed E-state index contributed by atoms with van der Waals surface area (Å²) in [4.78, 5) is 9.78. The number of guanidine groups is 1. The van der Waals surface area contributed by atoms with Crippen LogP contribution in [0.1, 0.15) is 38.2 Å². The second-order valence-corrected chi connectivity index (χ2v) is 8.88. The highest BCUT2D eigenvalue weighted by molar-refractivity contribution is 14.0. The maximum absolute atomic E-state index is 5.41. The average molecular weight is 560 g/mol. The number of piperidine rings is 1. The van der Waals surface area contributed by atoms with Gasteiger partial charge in [0.25, 0.3) is 0 Å². The lowest BCUT2D eigenvalue weighted by atomic mass is 9.94. The fourth-order valence-electron chi connectivity index (χ4n) is 4.53. The van der Waals surface area contributed by atoms with Crippen molar-refractivity contribution >= 4 is 29.9 Å². The van der Waals surface area contributed by atoms with Gasteiger partial charge in [-0.15, -0.1) is 24.0 Å². The van der Waals surface area contributed by atoms with Crippen LogP contribution < -0.4 is 20.1 Å². The summed E-state index contributed by atoms with van der Waals surface area (Å²) in [5, 5.41) is 7.09. The van der Waals surface area contributed by atoms with Crippen molar-refractivity contribution in [2.24, 2.45) is 10.9 Å². The average Bonchev–Trinajstić information content (AvgIpc) is 3.21. The maximum Gasteiger partial charge on any atom is 0.191 e. The Morgan fingerprint density at radius 3 is 2.38 bits per heavy atom. The van der Waals surface area contributed by atoms with Gasteiger partial charge < -0.3 is 25.0 Å². The number of benzene rings is 1. The topological polar surface area (TPSA) is 61.4 Å². The molecule has 8 heteroatoms. The molecule has 0 spiro atoms. The minimum absolute atomic E-state index is 0. The number of aliphatic imine (C=N–C) groups is 1. The first kappa shape index (κ1) is 27.0. The van der Waals surface area contributed by atoms with Crippen molar-refractivity contribution in [3.05, 3.63) is 23.8 Å². The lowest BCUT2D eigenvalue weighted by Crippen LogP contribution is -2.44. The van der Waals surface area contributed by atoms with E-state index in [0.29, 0.717) is 6.04 Å². The second kappa shape index (κ2) is 14.1. The zero-order chi connectivity index (χ0) is 22.1. The predicted molar refractivity (Wildman–Crippen MR) is 143 cm³/mol. The monoisotopic (exact) mass is 559 g/mol. The molecule has 1 aromatic rings. The van der Waals surface area contributed by atoms with Gasteiger partial charge in [-0.1, -0.05) is 0 Å². The number of halogens is 1. The lowest BCUT2D eigenvalue weighted by Gasteiger charge is -2.28. The van der Waals surface area contributed by atoms with Crippen LogP contribution in [0.25, 0.3) is 0 Å². The summed E-state index contributed by atoms with van der Waals surface area (Å²) in [7, 11) is 5.61. The molecule has 1 atom stereocenters. The summed E-state index contributed by atoms with van der Waals surface area (Å²) in [6.45, 7) is 9.36. The number of hydrogen-bond donors (Lipinski definition) is 2. The van der Waals surface area contributed by atoms with E-state index >= 15 is 0 Å². The zero-order valence-corrected chi connectivity index (χ0v) is 22.6. The van der Waals surface area contributed by atoms with E-state index in [1.54, 1.807) is 14.2 Å². The van der Waals surface area contributed by atoms with Gasteiger partial charge in [-0.25, -0.2) is 0 Å². The Morgan fingerprint density at radius 1 is 1.06 bits per heavy atom. The van der Waals surface area contributed by atoms with Crippen molar-refractivity contribution in [3.63, 3.8) is 0 Å². The lowest BCUT2D eigenvalue weighted by molar-refractivity contribution is 0.214. The molecule has 2 aliphatic heterocycles. The Hall–Kier alpha value is -1.26. The molecule has 7 nitrogen and oxygen atoms in total. The minimum Gasteiger partial charge on any atom is -0.497 e. The second-order valence-electron chi connectivity index (χ2n) is 8.88. The first-order valence-electron chi connectivity index (χ1n) is 11.8. The maximum atomic E-state index is 5.41. The van der Waals surface area contributed by atoms with Crippen LogP contribution >= 0.6 is 24.0 Å². The van der Waals surface area contributed by atoms with Crippen molar-refractivity contribution in [1.82, 2.24) is 20.4 Å². The van der Waals surface area contributed by atoms with Gasteiger partial charge in [0.05, 0.1) is 14.2 Å². The molecule has 0 bridgehead atoms. The van der Waals surface area contributed by atoms with Crippen molar-refractivity contribution in [3.8, 4) is 11.5 Å². The summed E-state index contributed by atoms with van der Waals surface area (Å²) in [6, 6.07) is 6.53. The van der Waals surface area contributed by atoms with Gasteiger partial charge in [0.2, 0.25) is 0 Å². The Kier molecular flexibility index (Phi) is 11.9. The van der Waals surface area contributed by atoms with E-state index in [9.17, 15) is 0 Å². The van der Waals surface area contributed by atoms with Gasteiger partial charge in [-0.2, -0.15) is 0 Å². The highest BCUT2D eigenvalue weighted by atomic mass is 127. The zero-order valence-electron chi connectivity index (χ0n) is 20.2. The standard InChI is InChI=1S/C24H41N5O2.HI/c1-5-25-24(26-10-6-19-7-11-28(2)12-8-19)27-21-9-13-29(18-21)17-20-14-22(30-3)16-23(15-20)31-4;/h14-16,19,21H,5-13,17-18H2,1-4H3,(H2,25,26,27);1H. The van der Waals surface area contributed by atoms with Crippen LogP contribution in [-0.4, -0.2) is 82.3 Å². The Bertz CT molecular complexity index is 687. The van der Waals surface area contributed by atoms with E-state index in [0.717, 1.165) is 62.5 Å². The summed E-state index contributed by atoms with van der Waals surface area (Å²) in [5.41, 5.74) is 1.22. The van der Waals surface area contributed by atoms with E-state index < -0.39 is 0 Å². The van der Waals surface area contributed by atoms with Crippen molar-refractivity contribution in [2.45, 2.75) is 45.2 Å². The molecule has 2 fully saturated rings. The van der Waals surface area contributed by atoms with Crippen molar-refractivity contribution < 1.29 is 9.47 Å². The van der Waals surface area contributed by atoms with Crippen molar-refractivity contribution in [1.29, 1.82) is 0 Å². The van der Waals surface area contributed by atoms with Gasteiger partial charge in [0, 0.05) is 44.8 Å². The first-order valence-corrected chi connectivity index (χ1v) is 11.8. The smallest absolute Gasteiger partial charge is 0.191 e. The van der Waals surface area contributed by atoms with Crippen molar-refractivity contribution in [2.75, 3.05) is 60.5 Å². The van der Waals surface area contributed by atoms with Gasteiger partial charge in [-0.3, -0.25) is 9.89 Å². The third-order valence-corrected chi connectivity index (χ3v) is 6.42. The molecular weight excluding hydrogens is 517 g/mol. The molecule has 182 valence electrons. The number of methoxy groups -OCH3 is 2. The molecule has 0 amide bonds. The third kappa shape index (κ3) is 8.59. The number of ether oxygens (including phenoxy) is 2. The molecule has 0 aromatic heterocycles. The van der Waals surface area contributed by atoms with E-state index in [1.807, 2.05) is 6.07 Å². The molecule has 0 radical (unpaired) electrons. The molecule has 0 saturated carbocycles. The van der Waals surface area contributed by atoms with Gasteiger partial charge in [0.15, 0.2) is 5.96 Å². The molecular formula is C24H42IN5O2.